The first kappa shape index (κ1) is 14.1. The summed E-state index contributed by atoms with van der Waals surface area (Å²) in [4.78, 5) is 13.9. The van der Waals surface area contributed by atoms with Gasteiger partial charge >= 0.3 is 0 Å². The van der Waals surface area contributed by atoms with Crippen LogP contribution in [0.3, 0.4) is 0 Å². The van der Waals surface area contributed by atoms with Gasteiger partial charge < -0.3 is 10.0 Å². The molecule has 18 heavy (non-hydrogen) atoms. The predicted octanol–water partition coefficient (Wildman–Crippen LogP) is 3.43. The minimum atomic E-state index is -0.444. The van der Waals surface area contributed by atoms with Gasteiger partial charge in [0.15, 0.2) is 0 Å². The van der Waals surface area contributed by atoms with E-state index >= 15 is 0 Å². The van der Waals surface area contributed by atoms with Crippen LogP contribution in [0.2, 0.25) is 8.67 Å². The van der Waals surface area contributed by atoms with Crippen molar-refractivity contribution in [3.05, 3.63) is 20.3 Å². The molecular formula is C12H15Cl2NO2S. The smallest absolute Gasteiger partial charge is 0.256 e. The number of thiophene rings is 1. The highest BCUT2D eigenvalue weighted by Gasteiger charge is 2.31. The third-order valence-corrected chi connectivity index (χ3v) is 4.89. The highest BCUT2D eigenvalue weighted by molar-refractivity contribution is 7.20. The van der Waals surface area contributed by atoms with Crippen molar-refractivity contribution in [2.24, 2.45) is 0 Å². The molecule has 1 fully saturated rings. The number of amides is 1. The molecule has 1 heterocycles. The first-order chi connectivity index (χ1) is 8.50. The zero-order valence-corrected chi connectivity index (χ0v) is 12.4. The molecule has 2 rings (SSSR count). The molecule has 100 valence electrons. The number of hydrogen-bond donors (Lipinski definition) is 1. The third-order valence-electron chi connectivity index (χ3n) is 3.40. The van der Waals surface area contributed by atoms with E-state index in [9.17, 15) is 9.90 Å². The minimum Gasteiger partial charge on any atom is -0.391 e. The molecule has 0 aliphatic heterocycles. The summed E-state index contributed by atoms with van der Waals surface area (Å²) in [5.41, 5.74) is 0.423. The lowest BCUT2D eigenvalue weighted by Crippen LogP contribution is -2.46. The van der Waals surface area contributed by atoms with Gasteiger partial charge in [-0.2, -0.15) is 0 Å². The second-order valence-corrected chi connectivity index (χ2v) is 6.86. The van der Waals surface area contributed by atoms with Gasteiger partial charge in [0.25, 0.3) is 5.91 Å². The Morgan fingerprint density at radius 1 is 1.44 bits per heavy atom. The van der Waals surface area contributed by atoms with E-state index in [1.165, 1.54) is 11.3 Å². The van der Waals surface area contributed by atoms with Crippen LogP contribution in [0.15, 0.2) is 6.07 Å². The molecule has 2 unspecified atom stereocenters. The van der Waals surface area contributed by atoms with Gasteiger partial charge in [-0.25, -0.2) is 0 Å². The van der Waals surface area contributed by atoms with E-state index in [0.717, 1.165) is 25.7 Å². The van der Waals surface area contributed by atoms with Crippen molar-refractivity contribution in [1.29, 1.82) is 0 Å². The molecule has 0 spiro atoms. The van der Waals surface area contributed by atoms with Gasteiger partial charge in [-0.05, 0) is 18.9 Å². The molecule has 2 atom stereocenters. The largest absolute Gasteiger partial charge is 0.391 e. The molecule has 1 aliphatic carbocycles. The van der Waals surface area contributed by atoms with Gasteiger partial charge in [-0.1, -0.05) is 36.0 Å². The van der Waals surface area contributed by atoms with Crippen molar-refractivity contribution < 1.29 is 9.90 Å². The zero-order chi connectivity index (χ0) is 13.3. The Morgan fingerprint density at radius 3 is 2.67 bits per heavy atom. The van der Waals surface area contributed by atoms with Crippen LogP contribution in [0.4, 0.5) is 0 Å². The van der Waals surface area contributed by atoms with Gasteiger partial charge in [0.1, 0.15) is 4.34 Å². The quantitative estimate of drug-likeness (QED) is 0.909. The molecule has 1 amide bonds. The molecule has 1 aliphatic rings. The fourth-order valence-electron chi connectivity index (χ4n) is 2.37. The number of halogens is 2. The molecule has 0 bridgehead atoms. The Morgan fingerprint density at radius 2 is 2.11 bits per heavy atom. The van der Waals surface area contributed by atoms with Crippen LogP contribution in [0.5, 0.6) is 0 Å². The summed E-state index contributed by atoms with van der Waals surface area (Å²) < 4.78 is 0.906. The van der Waals surface area contributed by atoms with E-state index < -0.39 is 6.10 Å². The Labute approximate surface area is 120 Å². The Bertz CT molecular complexity index is 449. The first-order valence-corrected chi connectivity index (χ1v) is 7.48. The van der Waals surface area contributed by atoms with Crippen molar-refractivity contribution in [3.63, 3.8) is 0 Å². The maximum absolute atomic E-state index is 12.3. The van der Waals surface area contributed by atoms with Crippen LogP contribution in [-0.4, -0.2) is 35.1 Å². The van der Waals surface area contributed by atoms with E-state index in [4.69, 9.17) is 23.2 Å². The van der Waals surface area contributed by atoms with Crippen molar-refractivity contribution in [2.75, 3.05) is 7.05 Å². The fraction of sp³-hybridized carbons (Fsp3) is 0.583. The summed E-state index contributed by atoms with van der Waals surface area (Å²) in [5.74, 6) is -0.172. The summed E-state index contributed by atoms with van der Waals surface area (Å²) >= 11 is 13.0. The van der Waals surface area contributed by atoms with Crippen LogP contribution in [0.1, 0.15) is 36.0 Å². The topological polar surface area (TPSA) is 40.5 Å². The molecule has 1 aromatic heterocycles. The van der Waals surface area contributed by atoms with Gasteiger partial charge in [-0.3, -0.25) is 4.79 Å². The molecule has 1 saturated carbocycles. The van der Waals surface area contributed by atoms with Crippen molar-refractivity contribution in [2.45, 2.75) is 37.8 Å². The molecular weight excluding hydrogens is 293 g/mol. The molecule has 1 aromatic rings. The lowest BCUT2D eigenvalue weighted by molar-refractivity contribution is 0.0268. The monoisotopic (exact) mass is 307 g/mol. The number of hydrogen-bond acceptors (Lipinski definition) is 3. The van der Waals surface area contributed by atoms with Gasteiger partial charge in [0.05, 0.1) is 22.0 Å². The number of rotatable bonds is 2. The lowest BCUT2D eigenvalue weighted by atomic mass is 9.91. The van der Waals surface area contributed by atoms with Crippen molar-refractivity contribution in [1.82, 2.24) is 4.90 Å². The molecule has 1 N–H and O–H groups in total. The molecule has 0 radical (unpaired) electrons. The summed E-state index contributed by atoms with van der Waals surface area (Å²) in [6.07, 6.45) is 3.20. The molecule has 0 aromatic carbocycles. The zero-order valence-electron chi connectivity index (χ0n) is 10.0. The number of aliphatic hydroxyl groups excluding tert-OH is 1. The standard InChI is InChI=1S/C12H15Cl2NO2S/c1-15(8-4-2-3-5-9(8)16)12(17)7-6-10(13)18-11(7)14/h6,8-9,16H,2-5H2,1H3. The highest BCUT2D eigenvalue weighted by Crippen LogP contribution is 2.33. The SMILES string of the molecule is CN(C(=O)c1cc(Cl)sc1Cl)C1CCCCC1O. The average molecular weight is 308 g/mol. The van der Waals surface area contributed by atoms with Crippen molar-refractivity contribution >= 4 is 40.4 Å². The Kier molecular flexibility index (Phi) is 4.54. The highest BCUT2D eigenvalue weighted by atomic mass is 35.5. The van der Waals surface area contributed by atoms with E-state index in [0.29, 0.717) is 14.2 Å². The van der Waals surface area contributed by atoms with Gasteiger partial charge in [0, 0.05) is 7.05 Å². The molecule has 3 nitrogen and oxygen atoms in total. The van der Waals surface area contributed by atoms with E-state index in [2.05, 4.69) is 0 Å². The predicted molar refractivity (Wildman–Crippen MR) is 74.7 cm³/mol. The van der Waals surface area contributed by atoms with E-state index in [-0.39, 0.29) is 11.9 Å². The normalized spacial score (nSPS) is 24.0. The van der Waals surface area contributed by atoms with Crippen LogP contribution in [-0.2, 0) is 0 Å². The average Bonchev–Trinajstić information content (AvgIpc) is 2.67. The molecule has 6 heteroatoms. The van der Waals surface area contributed by atoms with E-state index in [1.807, 2.05) is 0 Å². The Balaban J connectivity index is 2.15. The van der Waals surface area contributed by atoms with Gasteiger partial charge in [-0.15, -0.1) is 11.3 Å². The third kappa shape index (κ3) is 2.82. The maximum Gasteiger partial charge on any atom is 0.256 e. The summed E-state index contributed by atoms with van der Waals surface area (Å²) in [6.45, 7) is 0. The van der Waals surface area contributed by atoms with Crippen LogP contribution in [0.25, 0.3) is 0 Å². The maximum atomic E-state index is 12.3. The number of carbonyl (C=O) groups is 1. The summed E-state index contributed by atoms with van der Waals surface area (Å²) in [7, 11) is 1.71. The van der Waals surface area contributed by atoms with Crippen LogP contribution < -0.4 is 0 Å². The first-order valence-electron chi connectivity index (χ1n) is 5.90. The summed E-state index contributed by atoms with van der Waals surface area (Å²) in [5, 5.41) is 9.96. The fourth-order valence-corrected chi connectivity index (χ4v) is 3.82. The van der Waals surface area contributed by atoms with Crippen molar-refractivity contribution in [3.8, 4) is 0 Å². The number of nitrogens with zero attached hydrogens (tertiary/aromatic N) is 1. The second-order valence-electron chi connectivity index (χ2n) is 4.57. The Hall–Kier alpha value is -0.290. The number of likely N-dealkylation sites (N-methyl/N-ethyl adjacent to an activating group) is 1. The second kappa shape index (κ2) is 5.78. The lowest BCUT2D eigenvalue weighted by Gasteiger charge is -2.35. The van der Waals surface area contributed by atoms with E-state index in [1.54, 1.807) is 18.0 Å². The van der Waals surface area contributed by atoms with Crippen LogP contribution >= 0.6 is 34.5 Å². The van der Waals surface area contributed by atoms with Gasteiger partial charge in [0.2, 0.25) is 0 Å². The number of aliphatic hydroxyl groups is 1. The molecule has 0 saturated heterocycles. The summed E-state index contributed by atoms with van der Waals surface area (Å²) in [6, 6.07) is 1.46. The van der Waals surface area contributed by atoms with Crippen LogP contribution in [0, 0.1) is 0 Å². The number of carbonyl (C=O) groups excluding carboxylic acids is 1. The minimum absolute atomic E-state index is 0.124.